The van der Waals surface area contributed by atoms with Gasteiger partial charge in [0.05, 0.1) is 12.7 Å². The molecule has 1 aliphatic heterocycles. The summed E-state index contributed by atoms with van der Waals surface area (Å²) in [6, 6.07) is 9.44. The summed E-state index contributed by atoms with van der Waals surface area (Å²) >= 11 is 3.17. The molecular weight excluding hydrogens is 393 g/mol. The minimum absolute atomic E-state index is 0.0250. The second-order valence-corrected chi connectivity index (χ2v) is 6.41. The second-order valence-electron chi connectivity index (χ2n) is 5.49. The molecule has 0 aromatic heterocycles. The van der Waals surface area contributed by atoms with Crippen molar-refractivity contribution < 1.29 is 23.5 Å². The van der Waals surface area contributed by atoms with Crippen LogP contribution in [0.25, 0.3) is 0 Å². The molecule has 1 amide bonds. The predicted octanol–water partition coefficient (Wildman–Crippen LogP) is 3.34. The molecular formula is C18H15BrFNO4. The van der Waals surface area contributed by atoms with Gasteiger partial charge in [0.15, 0.2) is 18.2 Å². The van der Waals surface area contributed by atoms with E-state index in [2.05, 4.69) is 15.9 Å². The Labute approximate surface area is 152 Å². The highest BCUT2D eigenvalue weighted by Crippen LogP contribution is 2.29. The van der Waals surface area contributed by atoms with Crippen molar-refractivity contribution in [2.45, 2.75) is 6.42 Å². The van der Waals surface area contributed by atoms with Gasteiger partial charge in [-0.1, -0.05) is 15.9 Å². The fourth-order valence-electron chi connectivity index (χ4n) is 2.72. The van der Waals surface area contributed by atoms with Crippen LogP contribution in [0.4, 0.5) is 10.1 Å². The summed E-state index contributed by atoms with van der Waals surface area (Å²) in [5.41, 5.74) is 2.08. The zero-order valence-electron chi connectivity index (χ0n) is 13.4. The van der Waals surface area contributed by atoms with Crippen molar-refractivity contribution in [1.29, 1.82) is 0 Å². The number of halogens is 2. The van der Waals surface area contributed by atoms with Gasteiger partial charge in [-0.2, -0.15) is 0 Å². The molecule has 2 aromatic carbocycles. The van der Waals surface area contributed by atoms with Crippen LogP contribution >= 0.6 is 15.9 Å². The highest BCUT2D eigenvalue weighted by Gasteiger charge is 2.26. The fraction of sp³-hybridized carbons (Fsp3) is 0.222. The Balaban J connectivity index is 1.70. The number of hydrogen-bond donors (Lipinski definition) is 0. The van der Waals surface area contributed by atoms with E-state index in [1.807, 2.05) is 0 Å². The molecule has 0 radical (unpaired) electrons. The lowest BCUT2D eigenvalue weighted by Crippen LogP contribution is -2.33. The predicted molar refractivity (Wildman–Crippen MR) is 93.4 cm³/mol. The number of hydrogen-bond acceptors (Lipinski definition) is 4. The molecule has 0 saturated carbocycles. The average molecular weight is 408 g/mol. The summed E-state index contributed by atoms with van der Waals surface area (Å²) in [6.07, 6.45) is 0.637. The van der Waals surface area contributed by atoms with Crippen LogP contribution in [0.1, 0.15) is 15.9 Å². The number of rotatable bonds is 4. The molecule has 0 spiro atoms. The van der Waals surface area contributed by atoms with Gasteiger partial charge in [0.1, 0.15) is 0 Å². The van der Waals surface area contributed by atoms with Gasteiger partial charge in [-0.15, -0.1) is 0 Å². The number of benzene rings is 2. The highest BCUT2D eigenvalue weighted by molar-refractivity contribution is 9.10. The number of fused-ring (bicyclic) bond motifs is 1. The Kier molecular flexibility index (Phi) is 5.03. The van der Waals surface area contributed by atoms with Crippen LogP contribution in [0.2, 0.25) is 0 Å². The molecule has 0 saturated heterocycles. The van der Waals surface area contributed by atoms with Gasteiger partial charge in [0, 0.05) is 16.7 Å². The minimum atomic E-state index is -0.535. The van der Waals surface area contributed by atoms with E-state index in [0.717, 1.165) is 11.3 Å². The molecule has 0 atom stereocenters. The van der Waals surface area contributed by atoms with Crippen LogP contribution in [-0.2, 0) is 16.0 Å². The minimum Gasteiger partial charge on any atom is -0.481 e. The van der Waals surface area contributed by atoms with Crippen molar-refractivity contribution in [2.75, 3.05) is 25.2 Å². The van der Waals surface area contributed by atoms with E-state index in [1.54, 1.807) is 29.2 Å². The van der Waals surface area contributed by atoms with Crippen molar-refractivity contribution in [3.8, 4) is 5.75 Å². The lowest BCUT2D eigenvalue weighted by Gasteiger charge is -2.18. The maximum absolute atomic E-state index is 13.7. The Morgan fingerprint density at radius 3 is 2.76 bits per heavy atom. The van der Waals surface area contributed by atoms with Crippen LogP contribution < -0.4 is 9.64 Å². The third-order valence-corrected chi connectivity index (χ3v) is 4.44. The summed E-state index contributed by atoms with van der Waals surface area (Å²) in [6.45, 7) is 0.224. The van der Waals surface area contributed by atoms with Crippen molar-refractivity contribution in [1.82, 2.24) is 0 Å². The maximum atomic E-state index is 13.7. The van der Waals surface area contributed by atoms with Crippen molar-refractivity contribution in [3.63, 3.8) is 0 Å². The first kappa shape index (κ1) is 17.4. The first-order chi connectivity index (χ1) is 12.0. The molecule has 130 valence electrons. The van der Waals surface area contributed by atoms with E-state index in [0.29, 0.717) is 23.0 Å². The molecule has 3 rings (SSSR count). The lowest BCUT2D eigenvalue weighted by atomic mass is 10.1. The van der Waals surface area contributed by atoms with E-state index < -0.39 is 11.8 Å². The zero-order chi connectivity index (χ0) is 18.0. The Morgan fingerprint density at radius 2 is 2.04 bits per heavy atom. The van der Waals surface area contributed by atoms with Gasteiger partial charge in [0.2, 0.25) is 0 Å². The van der Waals surface area contributed by atoms with Gasteiger partial charge in [-0.25, -0.2) is 9.18 Å². The average Bonchev–Trinajstić information content (AvgIpc) is 3.03. The molecule has 0 aliphatic carbocycles. The summed E-state index contributed by atoms with van der Waals surface area (Å²) in [7, 11) is 1.32. The second kappa shape index (κ2) is 7.23. The van der Waals surface area contributed by atoms with Crippen molar-refractivity contribution >= 4 is 33.5 Å². The molecule has 0 unspecified atom stereocenters. The number of anilines is 1. The van der Waals surface area contributed by atoms with Crippen LogP contribution in [0, 0.1) is 5.82 Å². The molecule has 7 heteroatoms. The molecule has 2 aromatic rings. The summed E-state index contributed by atoms with van der Waals surface area (Å²) in [5, 5.41) is 0. The molecule has 0 fully saturated rings. The monoisotopic (exact) mass is 407 g/mol. The molecule has 1 heterocycles. The molecule has 5 nitrogen and oxygen atoms in total. The number of amides is 1. The fourth-order valence-corrected chi connectivity index (χ4v) is 3.05. The summed E-state index contributed by atoms with van der Waals surface area (Å²) in [5.74, 6) is -1.20. The number of methoxy groups -OCH3 is 1. The molecule has 1 aliphatic rings. The maximum Gasteiger partial charge on any atom is 0.337 e. The van der Waals surface area contributed by atoms with Crippen molar-refractivity contribution in [2.24, 2.45) is 0 Å². The van der Waals surface area contributed by atoms with Crippen LogP contribution in [0.3, 0.4) is 0 Å². The smallest absolute Gasteiger partial charge is 0.337 e. The third kappa shape index (κ3) is 3.66. The normalized spacial score (nSPS) is 12.7. The van der Waals surface area contributed by atoms with Crippen molar-refractivity contribution in [3.05, 3.63) is 57.8 Å². The van der Waals surface area contributed by atoms with Gasteiger partial charge in [-0.05, 0) is 48.4 Å². The number of ether oxygens (including phenoxy) is 2. The quantitative estimate of drug-likeness (QED) is 0.729. The van der Waals surface area contributed by atoms with E-state index in [9.17, 15) is 14.0 Å². The first-order valence-corrected chi connectivity index (χ1v) is 8.38. The van der Waals surface area contributed by atoms with E-state index in [4.69, 9.17) is 9.47 Å². The highest BCUT2D eigenvalue weighted by atomic mass is 79.9. The standard InChI is InChI=1S/C18H15BrFNO4/c1-24-18(23)12-2-4-15-11(8-12)6-7-21(15)17(22)10-25-16-5-3-13(19)9-14(16)20/h2-5,8-9H,6-7,10H2,1H3. The SMILES string of the molecule is COC(=O)c1ccc2c(c1)CCN2C(=O)COc1ccc(Br)cc1F. The number of carbonyl (C=O) groups excluding carboxylic acids is 2. The first-order valence-electron chi connectivity index (χ1n) is 7.59. The number of esters is 1. The van der Waals surface area contributed by atoms with E-state index in [-0.39, 0.29) is 18.3 Å². The van der Waals surface area contributed by atoms with Crippen LogP contribution in [0.15, 0.2) is 40.9 Å². The van der Waals surface area contributed by atoms with E-state index in [1.165, 1.54) is 19.2 Å². The van der Waals surface area contributed by atoms with Gasteiger partial charge in [0.25, 0.3) is 5.91 Å². The van der Waals surface area contributed by atoms with Gasteiger partial charge < -0.3 is 14.4 Å². The molecule has 0 bridgehead atoms. The molecule has 25 heavy (non-hydrogen) atoms. The molecule has 0 N–H and O–H groups in total. The number of nitrogens with zero attached hydrogens (tertiary/aromatic N) is 1. The van der Waals surface area contributed by atoms with Crippen LogP contribution in [-0.4, -0.2) is 32.1 Å². The Bertz CT molecular complexity index is 840. The summed E-state index contributed by atoms with van der Waals surface area (Å²) < 4.78 is 24.3. The van der Waals surface area contributed by atoms with Gasteiger partial charge >= 0.3 is 5.97 Å². The number of carbonyl (C=O) groups is 2. The van der Waals surface area contributed by atoms with Gasteiger partial charge in [-0.3, -0.25) is 4.79 Å². The third-order valence-electron chi connectivity index (χ3n) is 3.94. The Morgan fingerprint density at radius 1 is 1.24 bits per heavy atom. The lowest BCUT2D eigenvalue weighted by molar-refractivity contribution is -0.120. The Hall–Kier alpha value is -2.41. The largest absolute Gasteiger partial charge is 0.481 e. The summed E-state index contributed by atoms with van der Waals surface area (Å²) in [4.78, 5) is 25.6. The van der Waals surface area contributed by atoms with E-state index >= 15 is 0 Å². The topological polar surface area (TPSA) is 55.8 Å². The van der Waals surface area contributed by atoms with Crippen LogP contribution in [0.5, 0.6) is 5.75 Å². The zero-order valence-corrected chi connectivity index (χ0v) is 15.0.